The third kappa shape index (κ3) is 5.69. The first-order chi connectivity index (χ1) is 31.2. The normalized spacial score (nSPS) is 14.0. The van der Waals surface area contributed by atoms with Crippen molar-refractivity contribution >= 4 is 65.6 Å². The molecule has 1 unspecified atom stereocenters. The lowest BCUT2D eigenvalue weighted by Gasteiger charge is -2.18. The summed E-state index contributed by atoms with van der Waals surface area (Å²) in [4.78, 5) is 15.0. The lowest BCUT2D eigenvalue weighted by molar-refractivity contribution is 0.648. The minimum absolute atomic E-state index is 0.295. The Morgan fingerprint density at radius 1 is 0.429 bits per heavy atom. The van der Waals surface area contributed by atoms with Crippen LogP contribution in [0.3, 0.4) is 0 Å². The second kappa shape index (κ2) is 14.1. The molecule has 0 saturated carbocycles. The van der Waals surface area contributed by atoms with Crippen LogP contribution in [0.5, 0.6) is 0 Å². The molecular formula is C57H37N5O. The minimum Gasteiger partial charge on any atom is -0.455 e. The van der Waals surface area contributed by atoms with E-state index in [1.54, 1.807) is 0 Å². The average molecular weight is 808 g/mol. The fourth-order valence-corrected chi connectivity index (χ4v) is 9.76. The summed E-state index contributed by atoms with van der Waals surface area (Å²) in [6, 6.07) is 64.6. The molecular weight excluding hydrogens is 771 g/mol. The summed E-state index contributed by atoms with van der Waals surface area (Å²) >= 11 is 0. The van der Waals surface area contributed by atoms with Crippen molar-refractivity contribution < 1.29 is 4.42 Å². The van der Waals surface area contributed by atoms with Gasteiger partial charge in [-0.2, -0.15) is 0 Å². The van der Waals surface area contributed by atoms with Crippen LogP contribution in [0.4, 0.5) is 0 Å². The lowest BCUT2D eigenvalue weighted by Crippen LogP contribution is -2.06. The highest BCUT2D eigenvalue weighted by Crippen LogP contribution is 2.41. The van der Waals surface area contributed by atoms with E-state index in [4.69, 9.17) is 19.4 Å². The zero-order valence-electron chi connectivity index (χ0n) is 34.1. The van der Waals surface area contributed by atoms with Crippen LogP contribution in [-0.4, -0.2) is 24.1 Å². The molecule has 0 bridgehead atoms. The molecule has 12 aromatic rings. The smallest absolute Gasteiger partial charge is 0.167 e. The zero-order valence-corrected chi connectivity index (χ0v) is 34.1. The van der Waals surface area contributed by atoms with Gasteiger partial charge in [0.25, 0.3) is 0 Å². The highest BCUT2D eigenvalue weighted by atomic mass is 16.3. The average Bonchev–Trinajstić information content (AvgIpc) is 4.01. The third-order valence-electron chi connectivity index (χ3n) is 12.7. The first kappa shape index (κ1) is 35.4. The lowest BCUT2D eigenvalue weighted by atomic mass is 10.0. The number of aromatic nitrogens is 5. The van der Waals surface area contributed by atoms with Gasteiger partial charge in [0, 0.05) is 60.2 Å². The van der Waals surface area contributed by atoms with Gasteiger partial charge in [-0.25, -0.2) is 15.0 Å². The Kier molecular flexibility index (Phi) is 7.93. The summed E-state index contributed by atoms with van der Waals surface area (Å²) in [6.07, 6.45) is 9.88. The molecule has 63 heavy (non-hydrogen) atoms. The van der Waals surface area contributed by atoms with Gasteiger partial charge >= 0.3 is 0 Å². The van der Waals surface area contributed by atoms with E-state index in [1.807, 2.05) is 66.7 Å². The molecule has 0 saturated heterocycles. The molecule has 0 radical (unpaired) electrons. The Labute approximate surface area is 362 Å². The first-order valence-electron chi connectivity index (χ1n) is 21.5. The molecule has 296 valence electrons. The first-order valence-corrected chi connectivity index (χ1v) is 21.5. The molecule has 0 spiro atoms. The van der Waals surface area contributed by atoms with Crippen molar-refractivity contribution in [1.29, 1.82) is 0 Å². The Morgan fingerprint density at radius 3 is 1.73 bits per heavy atom. The van der Waals surface area contributed by atoms with Crippen molar-refractivity contribution in [1.82, 2.24) is 24.1 Å². The maximum atomic E-state index is 6.72. The van der Waals surface area contributed by atoms with E-state index < -0.39 is 0 Å². The van der Waals surface area contributed by atoms with Gasteiger partial charge in [0.2, 0.25) is 0 Å². The molecule has 6 nitrogen and oxygen atoms in total. The predicted octanol–water partition coefficient (Wildman–Crippen LogP) is 14.7. The number of hydrogen-bond acceptors (Lipinski definition) is 4. The van der Waals surface area contributed by atoms with Crippen LogP contribution in [0.25, 0.3) is 117 Å². The van der Waals surface area contributed by atoms with Crippen LogP contribution in [0, 0.1) is 0 Å². The minimum atomic E-state index is 0.295. The molecule has 6 heteroatoms. The van der Waals surface area contributed by atoms with Crippen LogP contribution < -0.4 is 0 Å². The summed E-state index contributed by atoms with van der Waals surface area (Å²) in [6.45, 7) is 0. The number of allylic oxidation sites excluding steroid dienone is 4. The van der Waals surface area contributed by atoms with Crippen LogP contribution in [0.2, 0.25) is 0 Å². The van der Waals surface area contributed by atoms with Crippen molar-refractivity contribution in [2.24, 2.45) is 0 Å². The van der Waals surface area contributed by atoms with Gasteiger partial charge in [-0.3, -0.25) is 0 Å². The largest absolute Gasteiger partial charge is 0.455 e. The van der Waals surface area contributed by atoms with Crippen molar-refractivity contribution in [3.05, 3.63) is 206 Å². The van der Waals surface area contributed by atoms with E-state index >= 15 is 0 Å². The summed E-state index contributed by atoms with van der Waals surface area (Å²) < 4.78 is 11.6. The molecule has 0 fully saturated rings. The van der Waals surface area contributed by atoms with Gasteiger partial charge < -0.3 is 13.6 Å². The fraction of sp³-hybridized carbons (Fsp3) is 0.0351. The van der Waals surface area contributed by atoms with E-state index in [0.717, 1.165) is 61.8 Å². The highest BCUT2D eigenvalue weighted by molar-refractivity contribution is 6.14. The van der Waals surface area contributed by atoms with Gasteiger partial charge in [0.1, 0.15) is 11.2 Å². The molecule has 13 rings (SSSR count). The molecule has 1 atom stereocenters. The van der Waals surface area contributed by atoms with E-state index in [1.165, 1.54) is 43.7 Å². The third-order valence-corrected chi connectivity index (χ3v) is 12.7. The van der Waals surface area contributed by atoms with Crippen LogP contribution in [-0.2, 0) is 0 Å². The van der Waals surface area contributed by atoms with Crippen molar-refractivity contribution in [3.63, 3.8) is 0 Å². The van der Waals surface area contributed by atoms with Gasteiger partial charge in [-0.05, 0) is 78.2 Å². The van der Waals surface area contributed by atoms with E-state index in [9.17, 15) is 0 Å². The molecule has 8 aromatic carbocycles. The zero-order chi connectivity index (χ0) is 41.4. The van der Waals surface area contributed by atoms with Crippen molar-refractivity contribution in [2.45, 2.75) is 12.5 Å². The Balaban J connectivity index is 0.937. The van der Waals surface area contributed by atoms with Gasteiger partial charge in [0.05, 0.1) is 22.6 Å². The standard InChI is InChI=1S/C57H37N5O/c1-4-15-36(16-5-1)55-58-56(37-17-6-2-7-18-37)60-57(59-55)45-24-14-23-44-48-35-41(29-32-53(48)63-54(44)45)62-50-26-13-11-22-43(50)47-34-39(28-31-52(47)62)38-27-30-51-46(33-38)42-21-10-12-25-49(42)61(51)40-19-8-3-9-20-40/h1-19,21-35,40H,20H2. The topological polar surface area (TPSA) is 61.7 Å². The summed E-state index contributed by atoms with van der Waals surface area (Å²) in [5.74, 6) is 1.79. The second-order valence-electron chi connectivity index (χ2n) is 16.3. The van der Waals surface area contributed by atoms with Crippen molar-refractivity contribution in [2.75, 3.05) is 0 Å². The number of benzene rings is 8. The molecule has 4 heterocycles. The fourth-order valence-electron chi connectivity index (χ4n) is 9.76. The number of para-hydroxylation sites is 3. The maximum Gasteiger partial charge on any atom is 0.167 e. The molecule has 0 aliphatic heterocycles. The Bertz CT molecular complexity index is 3780. The number of furan rings is 1. The van der Waals surface area contributed by atoms with Crippen LogP contribution >= 0.6 is 0 Å². The molecule has 0 N–H and O–H groups in total. The number of rotatable bonds is 6. The predicted molar refractivity (Wildman–Crippen MR) is 258 cm³/mol. The van der Waals surface area contributed by atoms with E-state index in [0.29, 0.717) is 23.5 Å². The summed E-state index contributed by atoms with van der Waals surface area (Å²) in [5, 5.41) is 7.01. The quantitative estimate of drug-likeness (QED) is 0.168. The van der Waals surface area contributed by atoms with E-state index in [2.05, 4.69) is 149 Å². The number of nitrogens with zero attached hydrogens (tertiary/aromatic N) is 5. The van der Waals surface area contributed by atoms with Crippen LogP contribution in [0.1, 0.15) is 12.5 Å². The number of hydrogen-bond donors (Lipinski definition) is 0. The SMILES string of the molecule is C1=CCC(n2c3ccccc3c3cc(-c4ccc5c(c4)c4ccccc4n5-c4ccc5oc6c(-c7nc(-c8ccccc8)nc(-c8ccccc8)n7)cccc6c5c4)ccc32)C=C1. The highest BCUT2D eigenvalue weighted by Gasteiger charge is 2.21. The Morgan fingerprint density at radius 2 is 1.02 bits per heavy atom. The second-order valence-corrected chi connectivity index (χ2v) is 16.3. The van der Waals surface area contributed by atoms with E-state index in [-0.39, 0.29) is 0 Å². The molecule has 4 aromatic heterocycles. The summed E-state index contributed by atoms with van der Waals surface area (Å²) in [5.41, 5.74) is 12.5. The molecule has 0 amide bonds. The molecule has 1 aliphatic rings. The van der Waals surface area contributed by atoms with Gasteiger partial charge in [-0.1, -0.05) is 146 Å². The Hall–Kier alpha value is -8.35. The maximum absolute atomic E-state index is 6.72. The monoisotopic (exact) mass is 807 g/mol. The number of fused-ring (bicyclic) bond motifs is 9. The van der Waals surface area contributed by atoms with Gasteiger partial charge in [0.15, 0.2) is 17.5 Å². The summed E-state index contributed by atoms with van der Waals surface area (Å²) in [7, 11) is 0. The van der Waals surface area contributed by atoms with Crippen LogP contribution in [0.15, 0.2) is 211 Å². The van der Waals surface area contributed by atoms with Crippen molar-refractivity contribution in [3.8, 4) is 51.0 Å². The van der Waals surface area contributed by atoms with Gasteiger partial charge in [-0.15, -0.1) is 0 Å². The molecule has 1 aliphatic carbocycles.